The number of halogens is 5. The molecule has 2 amide bonds. The number of aliphatic hydroxyl groups excluding tert-OH is 1. The second kappa shape index (κ2) is 8.40. The lowest BCUT2D eigenvalue weighted by Crippen LogP contribution is -2.53. The SMILES string of the molecule is Cc1ccc(C(=O)Nc2cc(F)c(F)c(F)c2)cc1C(F)(F)C(=O)N1C2CC[C@@H]1CC(O)C2. The molecular weight excluding hydrogens is 447 g/mol. The van der Waals surface area contributed by atoms with Gasteiger partial charge in [0.2, 0.25) is 0 Å². The van der Waals surface area contributed by atoms with Crippen LogP contribution in [-0.2, 0) is 10.7 Å². The summed E-state index contributed by atoms with van der Waals surface area (Å²) in [6, 6.07) is 3.52. The monoisotopic (exact) mass is 468 g/mol. The lowest BCUT2D eigenvalue weighted by Gasteiger charge is -2.39. The zero-order valence-corrected chi connectivity index (χ0v) is 17.5. The molecule has 10 heteroatoms. The molecule has 2 aromatic carbocycles. The highest BCUT2D eigenvalue weighted by molar-refractivity contribution is 6.04. The van der Waals surface area contributed by atoms with Gasteiger partial charge in [-0.15, -0.1) is 0 Å². The third kappa shape index (κ3) is 4.19. The van der Waals surface area contributed by atoms with Crippen LogP contribution >= 0.6 is 0 Å². The zero-order valence-electron chi connectivity index (χ0n) is 17.5. The Bertz CT molecular complexity index is 1090. The fourth-order valence-corrected chi connectivity index (χ4v) is 4.69. The molecule has 0 spiro atoms. The molecular formula is C23H21F5N2O3. The van der Waals surface area contributed by atoms with Crippen LogP contribution in [0.25, 0.3) is 0 Å². The van der Waals surface area contributed by atoms with Gasteiger partial charge in [-0.25, -0.2) is 13.2 Å². The van der Waals surface area contributed by atoms with Crippen molar-refractivity contribution in [1.82, 2.24) is 4.90 Å². The van der Waals surface area contributed by atoms with Gasteiger partial charge in [-0.2, -0.15) is 8.78 Å². The number of aliphatic hydroxyl groups is 1. The predicted molar refractivity (Wildman–Crippen MR) is 108 cm³/mol. The van der Waals surface area contributed by atoms with E-state index in [1.54, 1.807) is 0 Å². The van der Waals surface area contributed by atoms with Crippen LogP contribution in [0.2, 0.25) is 0 Å². The van der Waals surface area contributed by atoms with E-state index in [-0.39, 0.29) is 24.0 Å². The van der Waals surface area contributed by atoms with Crippen molar-refractivity contribution in [2.45, 2.75) is 56.7 Å². The van der Waals surface area contributed by atoms with E-state index in [1.165, 1.54) is 19.1 Å². The van der Waals surface area contributed by atoms with Gasteiger partial charge in [0.25, 0.3) is 11.8 Å². The average Bonchev–Trinajstić information content (AvgIpc) is 3.02. The Morgan fingerprint density at radius 1 is 1.03 bits per heavy atom. The first-order valence-electron chi connectivity index (χ1n) is 10.4. The van der Waals surface area contributed by atoms with Gasteiger partial charge in [-0.3, -0.25) is 9.59 Å². The molecule has 0 saturated carbocycles. The van der Waals surface area contributed by atoms with Gasteiger partial charge in [0.05, 0.1) is 6.10 Å². The number of alkyl halides is 2. The largest absolute Gasteiger partial charge is 0.393 e. The predicted octanol–water partition coefficient (Wildman–Crippen LogP) is 4.27. The minimum absolute atomic E-state index is 0.0770. The molecule has 2 aliphatic rings. The number of benzene rings is 2. The molecule has 2 saturated heterocycles. The van der Waals surface area contributed by atoms with Gasteiger partial charge in [0.15, 0.2) is 17.5 Å². The smallest absolute Gasteiger partial charge is 0.350 e. The number of aryl methyl sites for hydroxylation is 1. The Kier molecular flexibility index (Phi) is 5.90. The lowest BCUT2D eigenvalue weighted by molar-refractivity contribution is -0.165. The van der Waals surface area contributed by atoms with Gasteiger partial charge >= 0.3 is 5.92 Å². The second-order valence-electron chi connectivity index (χ2n) is 8.53. The van der Waals surface area contributed by atoms with Crippen molar-refractivity contribution in [3.05, 3.63) is 64.5 Å². The molecule has 2 heterocycles. The molecule has 0 radical (unpaired) electrons. The van der Waals surface area contributed by atoms with Gasteiger partial charge in [-0.05, 0) is 50.3 Å². The highest BCUT2D eigenvalue weighted by Crippen LogP contribution is 2.41. The maximum Gasteiger partial charge on any atom is 0.350 e. The molecule has 2 unspecified atom stereocenters. The number of nitrogens with one attached hydrogen (secondary N) is 1. The number of carbonyl (C=O) groups excluding carboxylic acids is 2. The fraction of sp³-hybridized carbons (Fsp3) is 0.391. The van der Waals surface area contributed by atoms with Crippen LogP contribution in [0.15, 0.2) is 30.3 Å². The minimum Gasteiger partial charge on any atom is -0.393 e. The van der Waals surface area contributed by atoms with E-state index in [0.29, 0.717) is 25.0 Å². The van der Waals surface area contributed by atoms with Crippen molar-refractivity contribution >= 4 is 17.5 Å². The second-order valence-corrected chi connectivity index (χ2v) is 8.53. The first kappa shape index (κ1) is 23.2. The molecule has 0 aliphatic carbocycles. The minimum atomic E-state index is -3.93. The zero-order chi connectivity index (χ0) is 24.1. The maximum atomic E-state index is 15.4. The molecule has 176 valence electrons. The summed E-state index contributed by atoms with van der Waals surface area (Å²) in [4.78, 5) is 26.6. The average molecular weight is 468 g/mol. The van der Waals surface area contributed by atoms with Crippen LogP contribution in [0.4, 0.5) is 27.6 Å². The molecule has 33 heavy (non-hydrogen) atoms. The summed E-state index contributed by atoms with van der Waals surface area (Å²) in [6.07, 6.45) is 0.927. The Morgan fingerprint density at radius 3 is 2.18 bits per heavy atom. The fourth-order valence-electron chi connectivity index (χ4n) is 4.69. The van der Waals surface area contributed by atoms with Crippen LogP contribution < -0.4 is 5.32 Å². The van der Waals surface area contributed by atoms with Crippen molar-refractivity contribution in [1.29, 1.82) is 0 Å². The highest BCUT2D eigenvalue weighted by atomic mass is 19.3. The molecule has 2 aliphatic heterocycles. The Balaban J connectivity index is 1.60. The van der Waals surface area contributed by atoms with E-state index < -0.39 is 64.6 Å². The normalized spacial score (nSPS) is 22.4. The van der Waals surface area contributed by atoms with E-state index in [0.717, 1.165) is 11.0 Å². The molecule has 5 nitrogen and oxygen atoms in total. The third-order valence-corrected chi connectivity index (χ3v) is 6.29. The van der Waals surface area contributed by atoms with Crippen molar-refractivity contribution in [2.75, 3.05) is 5.32 Å². The highest BCUT2D eigenvalue weighted by Gasteiger charge is 2.52. The number of carbonyl (C=O) groups is 2. The number of nitrogens with zero attached hydrogens (tertiary/aromatic N) is 1. The van der Waals surface area contributed by atoms with E-state index in [1.807, 2.05) is 0 Å². The van der Waals surface area contributed by atoms with Crippen LogP contribution in [0.1, 0.15) is 47.2 Å². The lowest BCUT2D eigenvalue weighted by atomic mass is 9.95. The molecule has 0 aromatic heterocycles. The summed E-state index contributed by atoms with van der Waals surface area (Å²) >= 11 is 0. The number of piperidine rings is 1. The summed E-state index contributed by atoms with van der Waals surface area (Å²) < 4.78 is 70.6. The number of amides is 2. The van der Waals surface area contributed by atoms with Crippen LogP contribution in [-0.4, -0.2) is 40.0 Å². The van der Waals surface area contributed by atoms with Gasteiger partial charge in [0.1, 0.15) is 0 Å². The first-order chi connectivity index (χ1) is 15.5. The molecule has 3 atom stereocenters. The topological polar surface area (TPSA) is 69.6 Å². The van der Waals surface area contributed by atoms with Crippen LogP contribution in [0, 0.1) is 24.4 Å². The van der Waals surface area contributed by atoms with Crippen molar-refractivity contribution in [3.8, 4) is 0 Å². The molecule has 2 bridgehead atoms. The van der Waals surface area contributed by atoms with E-state index in [2.05, 4.69) is 5.32 Å². The van der Waals surface area contributed by atoms with E-state index >= 15 is 8.78 Å². The van der Waals surface area contributed by atoms with Crippen molar-refractivity contribution < 1.29 is 36.6 Å². The van der Waals surface area contributed by atoms with Gasteiger partial charge in [-0.1, -0.05) is 6.07 Å². The summed E-state index contributed by atoms with van der Waals surface area (Å²) in [6.45, 7) is 1.37. The summed E-state index contributed by atoms with van der Waals surface area (Å²) in [5.41, 5.74) is -1.26. The number of hydrogen-bond acceptors (Lipinski definition) is 3. The standard InChI is InChI=1S/C23H21F5N2O3/c1-11-2-3-12(21(32)29-13-7-18(24)20(26)19(25)8-13)6-17(11)23(27,28)22(33)30-14-4-5-15(30)10-16(31)9-14/h2-3,6-8,14-16,31H,4-5,9-10H2,1H3,(H,29,32)/t14-,15?,16?/m1/s1. The summed E-state index contributed by atoms with van der Waals surface area (Å²) in [5.74, 6) is -11.0. The first-order valence-corrected chi connectivity index (χ1v) is 10.4. The molecule has 2 fully saturated rings. The molecule has 2 aromatic rings. The van der Waals surface area contributed by atoms with Crippen molar-refractivity contribution in [2.24, 2.45) is 0 Å². The Morgan fingerprint density at radius 2 is 1.61 bits per heavy atom. The number of anilines is 1. The maximum absolute atomic E-state index is 15.4. The van der Waals surface area contributed by atoms with Crippen LogP contribution in [0.5, 0.6) is 0 Å². The number of rotatable bonds is 4. The Labute approximate surface area is 186 Å². The molecule has 2 N–H and O–H groups in total. The number of fused-ring (bicyclic) bond motifs is 2. The van der Waals surface area contributed by atoms with E-state index in [4.69, 9.17) is 0 Å². The summed E-state index contributed by atoms with van der Waals surface area (Å²) in [5, 5.41) is 12.0. The Hall–Kier alpha value is -3.01. The van der Waals surface area contributed by atoms with Gasteiger partial charge < -0.3 is 15.3 Å². The third-order valence-electron chi connectivity index (χ3n) is 6.29. The van der Waals surface area contributed by atoms with Crippen molar-refractivity contribution in [3.63, 3.8) is 0 Å². The number of hydrogen-bond donors (Lipinski definition) is 2. The molecule has 4 rings (SSSR count). The summed E-state index contributed by atoms with van der Waals surface area (Å²) in [7, 11) is 0. The van der Waals surface area contributed by atoms with E-state index in [9.17, 15) is 27.9 Å². The quantitative estimate of drug-likeness (QED) is 0.520. The van der Waals surface area contributed by atoms with Crippen LogP contribution in [0.3, 0.4) is 0 Å². The van der Waals surface area contributed by atoms with Gasteiger partial charge in [0, 0.05) is 41.0 Å².